The molecule has 0 radical (unpaired) electrons. The van der Waals surface area contributed by atoms with Gasteiger partial charge in [0, 0.05) is 6.54 Å². The quantitative estimate of drug-likeness (QED) is 0.474. The summed E-state index contributed by atoms with van der Waals surface area (Å²) in [6, 6.07) is 10.4. The standard InChI is InChI=1S/C25H43NO3Si2/c1-24(2,3)30(7,8)28-21-19-16-20(22(21)29-31(9,10)25(4,5)6)26(23(19)27)17-18-14-12-11-13-15-18/h11-15,19-22H,16-17H2,1-10H3/t19-,20+,21-,22-/m0/s1. The summed E-state index contributed by atoms with van der Waals surface area (Å²) in [5.41, 5.74) is 1.18. The zero-order valence-corrected chi connectivity index (χ0v) is 23.3. The van der Waals surface area contributed by atoms with Crippen molar-refractivity contribution in [2.75, 3.05) is 0 Å². The Hall–Kier alpha value is -0.956. The van der Waals surface area contributed by atoms with Crippen molar-refractivity contribution in [1.29, 1.82) is 0 Å². The second-order valence-electron chi connectivity index (χ2n) is 12.5. The van der Waals surface area contributed by atoms with Crippen molar-refractivity contribution in [3.63, 3.8) is 0 Å². The Morgan fingerprint density at radius 3 is 1.84 bits per heavy atom. The number of benzene rings is 1. The average molecular weight is 462 g/mol. The molecule has 0 aromatic heterocycles. The van der Waals surface area contributed by atoms with Gasteiger partial charge in [0.05, 0.1) is 24.2 Å². The number of hydrogen-bond donors (Lipinski definition) is 0. The summed E-state index contributed by atoms with van der Waals surface area (Å²) in [7, 11) is -4.05. The first-order valence-corrected chi connectivity index (χ1v) is 17.6. The van der Waals surface area contributed by atoms with Crippen LogP contribution in [-0.2, 0) is 20.2 Å². The van der Waals surface area contributed by atoms with E-state index in [1.54, 1.807) is 0 Å². The molecule has 2 aliphatic rings. The summed E-state index contributed by atoms with van der Waals surface area (Å²) >= 11 is 0. The van der Waals surface area contributed by atoms with Crippen LogP contribution in [0, 0.1) is 5.92 Å². The first kappa shape index (κ1) is 24.7. The first-order chi connectivity index (χ1) is 14.1. The molecule has 174 valence electrons. The highest BCUT2D eigenvalue weighted by Gasteiger charge is 2.61. The van der Waals surface area contributed by atoms with E-state index in [1.807, 2.05) is 18.2 Å². The van der Waals surface area contributed by atoms with Gasteiger partial charge in [-0.2, -0.15) is 0 Å². The van der Waals surface area contributed by atoms with Crippen molar-refractivity contribution in [2.24, 2.45) is 5.92 Å². The van der Waals surface area contributed by atoms with Crippen LogP contribution in [-0.4, -0.2) is 45.7 Å². The molecule has 1 saturated heterocycles. The van der Waals surface area contributed by atoms with Crippen LogP contribution in [0.3, 0.4) is 0 Å². The van der Waals surface area contributed by atoms with Gasteiger partial charge in [0.1, 0.15) is 0 Å². The van der Waals surface area contributed by atoms with E-state index in [0.717, 1.165) is 6.42 Å². The van der Waals surface area contributed by atoms with Crippen LogP contribution in [0.25, 0.3) is 0 Å². The molecule has 3 rings (SSSR count). The lowest BCUT2D eigenvalue weighted by Crippen LogP contribution is -2.60. The summed E-state index contributed by atoms with van der Waals surface area (Å²) in [6.07, 6.45) is 0.686. The van der Waals surface area contributed by atoms with Crippen molar-refractivity contribution < 1.29 is 13.6 Å². The summed E-state index contributed by atoms with van der Waals surface area (Å²) in [5.74, 6) is 0.158. The van der Waals surface area contributed by atoms with Crippen molar-refractivity contribution in [2.45, 2.75) is 109 Å². The van der Waals surface area contributed by atoms with Gasteiger partial charge in [0.2, 0.25) is 5.91 Å². The minimum Gasteiger partial charge on any atom is -0.410 e. The smallest absolute Gasteiger partial charge is 0.229 e. The topological polar surface area (TPSA) is 38.8 Å². The van der Waals surface area contributed by atoms with Crippen molar-refractivity contribution in [1.82, 2.24) is 4.90 Å². The number of likely N-dealkylation sites (tertiary alicyclic amines) is 1. The zero-order chi connectivity index (χ0) is 23.4. The summed E-state index contributed by atoms with van der Waals surface area (Å²) in [5, 5.41) is 0.216. The number of carbonyl (C=O) groups is 1. The fourth-order valence-electron chi connectivity index (χ4n) is 4.20. The van der Waals surface area contributed by atoms with Crippen LogP contribution in [0.2, 0.25) is 36.3 Å². The van der Waals surface area contributed by atoms with E-state index in [9.17, 15) is 4.79 Å². The van der Waals surface area contributed by atoms with Crippen LogP contribution < -0.4 is 0 Å². The van der Waals surface area contributed by atoms with Crippen molar-refractivity contribution in [3.05, 3.63) is 35.9 Å². The van der Waals surface area contributed by atoms with E-state index in [2.05, 4.69) is 84.8 Å². The van der Waals surface area contributed by atoms with Gasteiger partial charge in [-0.15, -0.1) is 0 Å². The molecule has 1 heterocycles. The van der Waals surface area contributed by atoms with Crippen LogP contribution >= 0.6 is 0 Å². The van der Waals surface area contributed by atoms with Gasteiger partial charge in [0.15, 0.2) is 16.6 Å². The number of piperidine rings is 1. The molecule has 2 fully saturated rings. The molecule has 1 saturated carbocycles. The zero-order valence-electron chi connectivity index (χ0n) is 21.3. The Bertz CT molecular complexity index is 795. The van der Waals surface area contributed by atoms with E-state index < -0.39 is 16.6 Å². The first-order valence-electron chi connectivity index (χ1n) is 11.8. The Balaban J connectivity index is 1.92. The maximum absolute atomic E-state index is 13.4. The lowest BCUT2D eigenvalue weighted by atomic mass is 10.0. The molecule has 31 heavy (non-hydrogen) atoms. The highest BCUT2D eigenvalue weighted by molar-refractivity contribution is 6.74. The Kier molecular flexibility index (Phi) is 6.46. The summed E-state index contributed by atoms with van der Waals surface area (Å²) < 4.78 is 14.0. The van der Waals surface area contributed by atoms with Crippen LogP contribution in [0.15, 0.2) is 30.3 Å². The molecule has 0 N–H and O–H groups in total. The van der Waals surface area contributed by atoms with Gasteiger partial charge in [-0.1, -0.05) is 71.9 Å². The number of rotatable bonds is 6. The van der Waals surface area contributed by atoms with Crippen LogP contribution in [0.5, 0.6) is 0 Å². The number of fused-ring (bicyclic) bond motifs is 2. The number of hydrogen-bond acceptors (Lipinski definition) is 3. The largest absolute Gasteiger partial charge is 0.410 e. The van der Waals surface area contributed by atoms with Gasteiger partial charge in [-0.25, -0.2) is 0 Å². The normalized spacial score (nSPS) is 27.3. The molecule has 0 spiro atoms. The van der Waals surface area contributed by atoms with E-state index in [1.165, 1.54) is 5.56 Å². The Morgan fingerprint density at radius 2 is 1.35 bits per heavy atom. The number of carbonyl (C=O) groups excluding carboxylic acids is 1. The average Bonchev–Trinajstić information content (AvgIpc) is 3.10. The molecule has 2 bridgehead atoms. The van der Waals surface area contributed by atoms with E-state index >= 15 is 0 Å². The summed E-state index contributed by atoms with van der Waals surface area (Å²) in [4.78, 5) is 15.5. The van der Waals surface area contributed by atoms with Crippen molar-refractivity contribution in [3.8, 4) is 0 Å². The van der Waals surface area contributed by atoms with Crippen LogP contribution in [0.1, 0.15) is 53.5 Å². The predicted octanol–water partition coefficient (Wildman–Crippen LogP) is 6.20. The Morgan fingerprint density at radius 1 is 0.871 bits per heavy atom. The van der Waals surface area contributed by atoms with Crippen molar-refractivity contribution >= 4 is 22.5 Å². The highest BCUT2D eigenvalue weighted by atomic mass is 28.4. The lowest BCUT2D eigenvalue weighted by molar-refractivity contribution is -0.145. The fraction of sp³-hybridized carbons (Fsp3) is 0.720. The van der Waals surface area contributed by atoms with Gasteiger partial charge < -0.3 is 13.8 Å². The molecular formula is C25H43NO3Si2. The minimum absolute atomic E-state index is 0.0403. The van der Waals surface area contributed by atoms with Gasteiger partial charge in [0.25, 0.3) is 0 Å². The molecule has 1 aliphatic heterocycles. The van der Waals surface area contributed by atoms with Crippen LogP contribution in [0.4, 0.5) is 0 Å². The van der Waals surface area contributed by atoms with E-state index in [4.69, 9.17) is 8.85 Å². The second-order valence-corrected chi connectivity index (χ2v) is 22.1. The molecule has 1 aliphatic carbocycles. The molecule has 1 aromatic carbocycles. The second kappa shape index (κ2) is 8.12. The van der Waals surface area contributed by atoms with Gasteiger partial charge in [-0.05, 0) is 48.2 Å². The molecular weight excluding hydrogens is 418 g/mol. The molecule has 1 aromatic rings. The third kappa shape index (κ3) is 4.73. The third-order valence-corrected chi connectivity index (χ3v) is 17.2. The molecule has 4 nitrogen and oxygen atoms in total. The maximum Gasteiger partial charge on any atom is 0.229 e. The SMILES string of the molecule is CC(C)(C)[Si](C)(C)O[C@@H]1[C@@H](O[Si](C)(C)C(C)(C)C)[C@H]2C[C@@H]1C(=O)N2Cc1ccccc1. The highest BCUT2D eigenvalue weighted by Crippen LogP contribution is 2.49. The predicted molar refractivity (Wildman–Crippen MR) is 133 cm³/mol. The molecule has 1 amide bonds. The lowest BCUT2D eigenvalue weighted by Gasteiger charge is -2.48. The molecule has 6 heteroatoms. The maximum atomic E-state index is 13.4. The van der Waals surface area contributed by atoms with E-state index in [-0.39, 0.29) is 40.2 Å². The Labute approximate surface area is 192 Å². The number of nitrogens with zero attached hydrogens (tertiary/aromatic N) is 1. The van der Waals surface area contributed by atoms with E-state index in [0.29, 0.717) is 6.54 Å². The minimum atomic E-state index is -2.03. The third-order valence-electron chi connectivity index (χ3n) is 8.27. The molecule has 0 unspecified atom stereocenters. The number of amides is 1. The van der Waals surface area contributed by atoms with Gasteiger partial charge in [-0.3, -0.25) is 4.79 Å². The molecule has 4 atom stereocenters. The van der Waals surface area contributed by atoms with Gasteiger partial charge >= 0.3 is 0 Å². The monoisotopic (exact) mass is 461 g/mol. The fourth-order valence-corrected chi connectivity index (χ4v) is 6.86. The summed E-state index contributed by atoms with van der Waals surface area (Å²) in [6.45, 7) is 23.5.